The van der Waals surface area contributed by atoms with Crippen LogP contribution in [0.3, 0.4) is 0 Å². The summed E-state index contributed by atoms with van der Waals surface area (Å²) < 4.78 is 5.48. The molecule has 2 aromatic rings. The van der Waals surface area contributed by atoms with E-state index in [1.165, 1.54) is 7.11 Å². The average molecular weight is 344 g/mol. The first-order valence-corrected chi connectivity index (χ1v) is 7.06. The average Bonchev–Trinajstić information content (AvgIpc) is 2.45. The van der Waals surface area contributed by atoms with Crippen molar-refractivity contribution in [3.63, 3.8) is 0 Å². The largest absolute Gasteiger partial charge is 0.465 e. The second-order valence-corrected chi connectivity index (χ2v) is 5.48. The lowest BCUT2D eigenvalue weighted by molar-refractivity contribution is 0.0600. The fourth-order valence-corrected chi connectivity index (χ4v) is 2.33. The molecule has 0 saturated carbocycles. The van der Waals surface area contributed by atoms with Crippen molar-refractivity contribution in [2.75, 3.05) is 12.8 Å². The van der Waals surface area contributed by atoms with Crippen LogP contribution < -0.4 is 5.73 Å². The minimum atomic E-state index is -0.394. The molecule has 0 aliphatic heterocycles. The van der Waals surface area contributed by atoms with Crippen molar-refractivity contribution in [2.24, 2.45) is 0 Å². The normalized spacial score (nSPS) is 9.67. The molecule has 3 nitrogen and oxygen atoms in total. The van der Waals surface area contributed by atoms with Gasteiger partial charge in [0, 0.05) is 21.3 Å². The van der Waals surface area contributed by atoms with Crippen LogP contribution >= 0.6 is 15.9 Å². The molecule has 0 aliphatic rings. The van der Waals surface area contributed by atoms with E-state index in [-0.39, 0.29) is 0 Å². The lowest BCUT2D eigenvalue weighted by Crippen LogP contribution is -2.01. The van der Waals surface area contributed by atoms with E-state index >= 15 is 0 Å². The highest BCUT2D eigenvalue weighted by molar-refractivity contribution is 9.10. The predicted molar refractivity (Wildman–Crippen MR) is 87.1 cm³/mol. The molecule has 0 spiro atoms. The number of carbonyl (C=O) groups excluding carboxylic acids is 1. The van der Waals surface area contributed by atoms with Gasteiger partial charge < -0.3 is 10.5 Å². The van der Waals surface area contributed by atoms with Crippen molar-refractivity contribution < 1.29 is 9.53 Å². The van der Waals surface area contributed by atoms with Gasteiger partial charge in [-0.3, -0.25) is 0 Å². The number of hydrogen-bond acceptors (Lipinski definition) is 3. The maximum Gasteiger partial charge on any atom is 0.337 e. The highest BCUT2D eigenvalue weighted by Crippen LogP contribution is 2.17. The standard InChI is InChI=1S/C17H14BrNO2/c1-11-3-5-13(16(19)7-11)6-4-12-8-14(17(20)21-2)10-15(18)9-12/h3,5,7-10H,19H2,1-2H3. The summed E-state index contributed by atoms with van der Waals surface area (Å²) in [6.45, 7) is 1.98. The van der Waals surface area contributed by atoms with Crippen molar-refractivity contribution >= 4 is 27.6 Å². The maximum absolute atomic E-state index is 11.6. The molecule has 4 heteroatoms. The van der Waals surface area contributed by atoms with Gasteiger partial charge in [-0.25, -0.2) is 4.79 Å². The Bertz CT molecular complexity index is 757. The zero-order valence-electron chi connectivity index (χ0n) is 11.7. The third-order valence-corrected chi connectivity index (χ3v) is 3.33. The number of rotatable bonds is 1. The van der Waals surface area contributed by atoms with E-state index in [1.54, 1.807) is 12.1 Å². The van der Waals surface area contributed by atoms with Crippen molar-refractivity contribution in [1.82, 2.24) is 0 Å². The fraction of sp³-hybridized carbons (Fsp3) is 0.118. The third-order valence-electron chi connectivity index (χ3n) is 2.87. The van der Waals surface area contributed by atoms with Crippen molar-refractivity contribution in [3.8, 4) is 11.8 Å². The zero-order valence-corrected chi connectivity index (χ0v) is 13.3. The van der Waals surface area contributed by atoms with E-state index in [0.717, 1.165) is 15.6 Å². The Kier molecular flexibility index (Phi) is 4.66. The van der Waals surface area contributed by atoms with Gasteiger partial charge in [0.25, 0.3) is 0 Å². The number of carbonyl (C=O) groups is 1. The monoisotopic (exact) mass is 343 g/mol. The summed E-state index contributed by atoms with van der Waals surface area (Å²) in [5, 5.41) is 0. The molecule has 0 bridgehead atoms. The highest BCUT2D eigenvalue weighted by Gasteiger charge is 2.07. The van der Waals surface area contributed by atoms with Crippen LogP contribution in [-0.2, 0) is 4.74 Å². The van der Waals surface area contributed by atoms with Crippen LogP contribution in [0, 0.1) is 18.8 Å². The van der Waals surface area contributed by atoms with Gasteiger partial charge >= 0.3 is 5.97 Å². The summed E-state index contributed by atoms with van der Waals surface area (Å²) in [4.78, 5) is 11.6. The van der Waals surface area contributed by atoms with E-state index in [4.69, 9.17) is 10.5 Å². The quantitative estimate of drug-likeness (QED) is 0.489. The predicted octanol–water partition coefficient (Wildman–Crippen LogP) is 3.53. The van der Waals surface area contributed by atoms with Crippen LogP contribution in [0.15, 0.2) is 40.9 Å². The van der Waals surface area contributed by atoms with E-state index in [2.05, 4.69) is 27.8 Å². The van der Waals surface area contributed by atoms with Gasteiger partial charge in [0.15, 0.2) is 0 Å². The Morgan fingerprint density at radius 3 is 2.62 bits per heavy atom. The van der Waals surface area contributed by atoms with Gasteiger partial charge in [-0.2, -0.15) is 0 Å². The van der Waals surface area contributed by atoms with E-state index in [9.17, 15) is 4.79 Å². The lowest BCUT2D eigenvalue weighted by atomic mass is 10.1. The summed E-state index contributed by atoms with van der Waals surface area (Å²) in [7, 11) is 1.35. The molecule has 0 saturated heterocycles. The molecular weight excluding hydrogens is 330 g/mol. The first-order chi connectivity index (χ1) is 9.99. The molecule has 0 aliphatic carbocycles. The van der Waals surface area contributed by atoms with Crippen molar-refractivity contribution in [1.29, 1.82) is 0 Å². The van der Waals surface area contributed by atoms with Gasteiger partial charge in [-0.05, 0) is 42.8 Å². The maximum atomic E-state index is 11.6. The van der Waals surface area contributed by atoms with E-state index in [1.807, 2.05) is 31.2 Å². The smallest absolute Gasteiger partial charge is 0.337 e. The molecule has 0 heterocycles. The Labute approximate surface area is 132 Å². The molecule has 2 rings (SSSR count). The van der Waals surface area contributed by atoms with Crippen molar-refractivity contribution in [3.05, 3.63) is 63.1 Å². The summed E-state index contributed by atoms with van der Waals surface area (Å²) >= 11 is 3.36. The molecule has 21 heavy (non-hydrogen) atoms. The van der Waals surface area contributed by atoms with E-state index in [0.29, 0.717) is 16.8 Å². The van der Waals surface area contributed by atoms with Crippen LogP contribution in [0.5, 0.6) is 0 Å². The number of methoxy groups -OCH3 is 1. The molecule has 106 valence electrons. The molecule has 0 amide bonds. The molecular formula is C17H14BrNO2. The summed E-state index contributed by atoms with van der Waals surface area (Å²) in [6, 6.07) is 10.9. The Balaban J connectivity index is 2.38. The van der Waals surface area contributed by atoms with Gasteiger partial charge in [-0.1, -0.05) is 33.8 Å². The number of nitrogens with two attached hydrogens (primary N) is 1. The van der Waals surface area contributed by atoms with E-state index < -0.39 is 5.97 Å². The molecule has 0 atom stereocenters. The van der Waals surface area contributed by atoms with Crippen LogP contribution in [0.25, 0.3) is 0 Å². The van der Waals surface area contributed by atoms with Crippen LogP contribution in [0.4, 0.5) is 5.69 Å². The van der Waals surface area contributed by atoms with Gasteiger partial charge in [-0.15, -0.1) is 0 Å². The minimum Gasteiger partial charge on any atom is -0.465 e. The number of esters is 1. The van der Waals surface area contributed by atoms with Gasteiger partial charge in [0.2, 0.25) is 0 Å². The Morgan fingerprint density at radius 2 is 1.95 bits per heavy atom. The topological polar surface area (TPSA) is 52.3 Å². The molecule has 0 unspecified atom stereocenters. The number of nitrogen functional groups attached to an aromatic ring is 1. The number of ether oxygens (including phenoxy) is 1. The van der Waals surface area contributed by atoms with Gasteiger partial charge in [0.1, 0.15) is 0 Å². The Morgan fingerprint density at radius 1 is 1.19 bits per heavy atom. The Hall–Kier alpha value is -2.25. The SMILES string of the molecule is COC(=O)c1cc(Br)cc(C#Cc2ccc(C)cc2N)c1. The number of benzene rings is 2. The highest BCUT2D eigenvalue weighted by atomic mass is 79.9. The van der Waals surface area contributed by atoms with Gasteiger partial charge in [0.05, 0.1) is 12.7 Å². The molecule has 2 N–H and O–H groups in total. The second kappa shape index (κ2) is 6.47. The number of aryl methyl sites for hydroxylation is 1. The molecule has 2 aromatic carbocycles. The number of halogens is 1. The molecule has 0 fully saturated rings. The third kappa shape index (κ3) is 3.87. The van der Waals surface area contributed by atoms with Crippen LogP contribution in [0.1, 0.15) is 27.0 Å². The zero-order chi connectivity index (χ0) is 15.4. The summed E-state index contributed by atoms with van der Waals surface area (Å²) in [5.74, 6) is 5.64. The first kappa shape index (κ1) is 15.1. The summed E-state index contributed by atoms with van der Waals surface area (Å²) in [6.07, 6.45) is 0. The lowest BCUT2D eigenvalue weighted by Gasteiger charge is -2.02. The molecule has 0 radical (unpaired) electrons. The van der Waals surface area contributed by atoms with Crippen LogP contribution in [-0.4, -0.2) is 13.1 Å². The minimum absolute atomic E-state index is 0.394. The van der Waals surface area contributed by atoms with Crippen LogP contribution in [0.2, 0.25) is 0 Å². The first-order valence-electron chi connectivity index (χ1n) is 6.26. The summed E-state index contributed by atoms with van der Waals surface area (Å²) in [5.41, 5.74) is 9.59. The number of hydrogen-bond donors (Lipinski definition) is 1. The second-order valence-electron chi connectivity index (χ2n) is 4.56. The number of anilines is 1. The molecule has 0 aromatic heterocycles. The fourth-order valence-electron chi connectivity index (χ4n) is 1.83. The van der Waals surface area contributed by atoms with Crippen molar-refractivity contribution in [2.45, 2.75) is 6.92 Å².